The number of rotatable bonds is 4. The predicted molar refractivity (Wildman–Crippen MR) is 99.9 cm³/mol. The van der Waals surface area contributed by atoms with Crippen molar-refractivity contribution in [2.24, 2.45) is 0 Å². The van der Waals surface area contributed by atoms with E-state index in [2.05, 4.69) is 10.6 Å². The second kappa shape index (κ2) is 7.93. The van der Waals surface area contributed by atoms with Gasteiger partial charge in [0.1, 0.15) is 11.9 Å². The fourth-order valence-corrected chi connectivity index (χ4v) is 2.46. The van der Waals surface area contributed by atoms with Gasteiger partial charge in [0.25, 0.3) is 11.8 Å². The van der Waals surface area contributed by atoms with E-state index in [1.165, 1.54) is 24.3 Å². The van der Waals surface area contributed by atoms with Gasteiger partial charge >= 0.3 is 0 Å². The molecule has 0 bridgehead atoms. The van der Waals surface area contributed by atoms with Gasteiger partial charge < -0.3 is 10.6 Å². The monoisotopic (exact) mass is 359 g/mol. The molecule has 0 unspecified atom stereocenters. The molecular weight excluding hydrogens is 345 g/mol. The Morgan fingerprint density at radius 2 is 1.48 bits per heavy atom. The third kappa shape index (κ3) is 4.35. The Hall–Kier alpha value is -3.98. The molecule has 0 saturated heterocycles. The molecule has 2 N–H and O–H groups in total. The number of carbonyl (C=O) groups is 2. The summed E-state index contributed by atoms with van der Waals surface area (Å²) in [4.78, 5) is 24.8. The van der Waals surface area contributed by atoms with Gasteiger partial charge in [-0.25, -0.2) is 4.39 Å². The molecule has 0 spiro atoms. The first-order valence-corrected chi connectivity index (χ1v) is 8.04. The van der Waals surface area contributed by atoms with Crippen LogP contribution in [0.1, 0.15) is 26.3 Å². The van der Waals surface area contributed by atoms with Crippen LogP contribution in [-0.2, 0) is 0 Å². The highest BCUT2D eigenvalue weighted by atomic mass is 19.1. The van der Waals surface area contributed by atoms with E-state index >= 15 is 0 Å². The average Bonchev–Trinajstić information content (AvgIpc) is 2.68. The highest BCUT2D eigenvalue weighted by molar-refractivity contribution is 6.09. The number of halogens is 1. The molecule has 0 radical (unpaired) electrons. The molecule has 3 aromatic carbocycles. The minimum atomic E-state index is -0.465. The van der Waals surface area contributed by atoms with Gasteiger partial charge in [0.05, 0.1) is 11.3 Å². The number of hydrogen-bond donors (Lipinski definition) is 2. The van der Waals surface area contributed by atoms with Crippen molar-refractivity contribution in [3.05, 3.63) is 95.3 Å². The largest absolute Gasteiger partial charge is 0.322 e. The Bertz CT molecular complexity index is 1060. The summed E-state index contributed by atoms with van der Waals surface area (Å²) in [6.45, 7) is 0. The molecule has 0 aliphatic carbocycles. The number of para-hydroxylation sites is 1. The molecule has 3 aromatic rings. The van der Waals surface area contributed by atoms with Gasteiger partial charge in [-0.15, -0.1) is 0 Å². The maximum Gasteiger partial charge on any atom is 0.255 e. The minimum absolute atomic E-state index is 0.250. The molecule has 0 saturated carbocycles. The summed E-state index contributed by atoms with van der Waals surface area (Å²) in [7, 11) is 0. The zero-order valence-corrected chi connectivity index (χ0v) is 14.1. The highest BCUT2D eigenvalue weighted by Gasteiger charge is 2.12. The summed E-state index contributed by atoms with van der Waals surface area (Å²) < 4.78 is 13.2. The SMILES string of the molecule is N#Cc1ccccc1NC(=O)c1cccc(C(=O)Nc2cccc(F)c2)c1. The third-order valence-corrected chi connectivity index (χ3v) is 3.77. The number of anilines is 2. The summed E-state index contributed by atoms with van der Waals surface area (Å²) in [5, 5.41) is 14.3. The molecule has 0 heterocycles. The third-order valence-electron chi connectivity index (χ3n) is 3.77. The second-order valence-electron chi connectivity index (χ2n) is 5.66. The predicted octanol–water partition coefficient (Wildman–Crippen LogP) is 4.20. The topological polar surface area (TPSA) is 82.0 Å². The van der Waals surface area contributed by atoms with E-state index in [9.17, 15) is 14.0 Å². The first-order chi connectivity index (χ1) is 13.1. The lowest BCUT2D eigenvalue weighted by atomic mass is 10.1. The van der Waals surface area contributed by atoms with E-state index in [1.54, 1.807) is 48.5 Å². The van der Waals surface area contributed by atoms with Gasteiger partial charge in [-0.3, -0.25) is 9.59 Å². The molecule has 5 nitrogen and oxygen atoms in total. The Kier molecular flexibility index (Phi) is 5.24. The number of carbonyl (C=O) groups excluding carboxylic acids is 2. The van der Waals surface area contributed by atoms with Crippen LogP contribution < -0.4 is 10.6 Å². The maximum atomic E-state index is 13.2. The lowest BCUT2D eigenvalue weighted by Crippen LogP contribution is -2.16. The summed E-state index contributed by atoms with van der Waals surface area (Å²) in [6.07, 6.45) is 0. The molecule has 0 fully saturated rings. The zero-order valence-electron chi connectivity index (χ0n) is 14.1. The molecule has 0 atom stereocenters. The Labute approximate surface area is 155 Å². The Morgan fingerprint density at radius 1 is 0.815 bits per heavy atom. The van der Waals surface area contributed by atoms with Crippen LogP contribution in [0.5, 0.6) is 0 Å². The number of amides is 2. The van der Waals surface area contributed by atoms with Crippen LogP contribution in [-0.4, -0.2) is 11.8 Å². The van der Waals surface area contributed by atoms with Crippen molar-refractivity contribution in [2.75, 3.05) is 10.6 Å². The van der Waals surface area contributed by atoms with Crippen LogP contribution in [0.25, 0.3) is 0 Å². The second-order valence-corrected chi connectivity index (χ2v) is 5.66. The number of nitrogens with zero attached hydrogens (tertiary/aromatic N) is 1. The molecule has 0 aromatic heterocycles. The van der Waals surface area contributed by atoms with Crippen LogP contribution in [0.2, 0.25) is 0 Å². The summed E-state index contributed by atoms with van der Waals surface area (Å²) in [5.74, 6) is -1.37. The number of hydrogen-bond acceptors (Lipinski definition) is 3. The van der Waals surface area contributed by atoms with Gasteiger partial charge in [0, 0.05) is 16.8 Å². The van der Waals surface area contributed by atoms with Gasteiger partial charge in [-0.05, 0) is 48.5 Å². The van der Waals surface area contributed by atoms with Gasteiger partial charge in [0.2, 0.25) is 0 Å². The van der Waals surface area contributed by atoms with Crippen molar-refractivity contribution in [1.29, 1.82) is 5.26 Å². The first kappa shape index (κ1) is 17.8. The molecule has 6 heteroatoms. The molecule has 132 valence electrons. The van der Waals surface area contributed by atoms with Crippen molar-refractivity contribution in [3.63, 3.8) is 0 Å². The number of benzene rings is 3. The number of nitriles is 1. The Morgan fingerprint density at radius 3 is 2.19 bits per heavy atom. The van der Waals surface area contributed by atoms with Crippen molar-refractivity contribution in [3.8, 4) is 6.07 Å². The normalized spacial score (nSPS) is 9.93. The quantitative estimate of drug-likeness (QED) is 0.732. The Balaban J connectivity index is 1.77. The van der Waals surface area contributed by atoms with Crippen LogP contribution in [0.3, 0.4) is 0 Å². The number of nitrogens with one attached hydrogen (secondary N) is 2. The molecule has 27 heavy (non-hydrogen) atoms. The van der Waals surface area contributed by atoms with Crippen LogP contribution in [0.4, 0.5) is 15.8 Å². The van der Waals surface area contributed by atoms with Crippen molar-refractivity contribution < 1.29 is 14.0 Å². The summed E-state index contributed by atoms with van der Waals surface area (Å²) >= 11 is 0. The molecule has 0 aliphatic heterocycles. The maximum absolute atomic E-state index is 13.2. The lowest BCUT2D eigenvalue weighted by Gasteiger charge is -2.09. The summed E-state index contributed by atoms with van der Waals surface area (Å²) in [6, 6.07) is 20.3. The van der Waals surface area contributed by atoms with Gasteiger partial charge in [0.15, 0.2) is 0 Å². The van der Waals surface area contributed by atoms with E-state index in [-0.39, 0.29) is 11.1 Å². The van der Waals surface area contributed by atoms with E-state index in [1.807, 2.05) is 6.07 Å². The average molecular weight is 359 g/mol. The standard InChI is InChI=1S/C21H14FN3O2/c22-17-8-4-9-18(12-17)24-20(26)14-6-3-7-15(11-14)21(27)25-19-10-2-1-5-16(19)13-23/h1-12H,(H,24,26)(H,25,27). The highest BCUT2D eigenvalue weighted by Crippen LogP contribution is 2.16. The summed E-state index contributed by atoms with van der Waals surface area (Å²) in [5.41, 5.74) is 1.55. The van der Waals surface area contributed by atoms with Gasteiger partial charge in [-0.2, -0.15) is 5.26 Å². The molecule has 2 amide bonds. The smallest absolute Gasteiger partial charge is 0.255 e. The van der Waals surface area contributed by atoms with E-state index in [4.69, 9.17) is 5.26 Å². The van der Waals surface area contributed by atoms with Crippen molar-refractivity contribution >= 4 is 23.2 Å². The van der Waals surface area contributed by atoms with Crippen molar-refractivity contribution in [1.82, 2.24) is 0 Å². The van der Waals surface area contributed by atoms with Crippen LogP contribution in [0, 0.1) is 17.1 Å². The van der Waals surface area contributed by atoms with Gasteiger partial charge in [-0.1, -0.05) is 24.3 Å². The zero-order chi connectivity index (χ0) is 19.2. The van der Waals surface area contributed by atoms with E-state index in [0.717, 1.165) is 0 Å². The molecule has 0 aliphatic rings. The van der Waals surface area contributed by atoms with Crippen molar-refractivity contribution in [2.45, 2.75) is 0 Å². The van der Waals surface area contributed by atoms with Crippen LogP contribution >= 0.6 is 0 Å². The first-order valence-electron chi connectivity index (χ1n) is 8.04. The fraction of sp³-hybridized carbons (Fsp3) is 0. The molecular formula is C21H14FN3O2. The lowest BCUT2D eigenvalue weighted by molar-refractivity contribution is 0.102. The minimum Gasteiger partial charge on any atom is -0.322 e. The van der Waals surface area contributed by atoms with E-state index in [0.29, 0.717) is 16.9 Å². The molecule has 3 rings (SSSR count). The fourth-order valence-electron chi connectivity index (χ4n) is 2.46. The van der Waals surface area contributed by atoms with Crippen LogP contribution in [0.15, 0.2) is 72.8 Å². The van der Waals surface area contributed by atoms with E-state index < -0.39 is 17.6 Å².